The molecule has 2 saturated heterocycles. The van der Waals surface area contributed by atoms with Crippen molar-refractivity contribution in [3.05, 3.63) is 42.1 Å². The van der Waals surface area contributed by atoms with Crippen LogP contribution >= 0.6 is 0 Å². The van der Waals surface area contributed by atoms with E-state index in [2.05, 4.69) is 15.4 Å². The molecule has 5 aliphatic rings. The molecule has 0 spiro atoms. The first-order valence-electron chi connectivity index (χ1n) is 19.4. The second kappa shape index (κ2) is 16.0. The summed E-state index contributed by atoms with van der Waals surface area (Å²) in [6, 6.07) is 6.07. The Morgan fingerprint density at radius 2 is 1.65 bits per heavy atom. The maximum Gasteiger partial charge on any atom is 0.408 e. The summed E-state index contributed by atoms with van der Waals surface area (Å²) in [5, 5.41) is 4.78. The molecule has 4 fully saturated rings. The van der Waals surface area contributed by atoms with Gasteiger partial charge in [0.05, 0.1) is 28.7 Å². The number of cyclic esters (lactones) is 1. The maximum atomic E-state index is 14.6. The summed E-state index contributed by atoms with van der Waals surface area (Å²) in [6.07, 6.45) is 7.28. The molecule has 2 aromatic rings. The van der Waals surface area contributed by atoms with E-state index in [1.54, 1.807) is 12.1 Å². The maximum absolute atomic E-state index is 14.6. The van der Waals surface area contributed by atoms with Gasteiger partial charge in [0.1, 0.15) is 23.4 Å². The predicted molar refractivity (Wildman–Crippen MR) is 195 cm³/mol. The molecule has 5 atom stereocenters. The van der Waals surface area contributed by atoms with Gasteiger partial charge in [-0.3, -0.25) is 19.1 Å². The lowest BCUT2D eigenvalue weighted by Crippen LogP contribution is -2.55. The molecule has 4 bridgehead atoms. The Hall–Kier alpha value is -4.41. The first-order valence-corrected chi connectivity index (χ1v) is 21.0. The van der Waals surface area contributed by atoms with Crippen LogP contribution in [0.3, 0.4) is 0 Å². The van der Waals surface area contributed by atoms with Gasteiger partial charge in [0.2, 0.25) is 27.7 Å². The number of alkyl carbamates (subject to hydrolysis) is 1. The number of ether oxygens (including phenoxy) is 2. The summed E-state index contributed by atoms with van der Waals surface area (Å²) >= 11 is 0. The monoisotopic (exact) mass is 786 g/mol. The smallest absolute Gasteiger partial charge is 0.408 e. The second-order valence-corrected chi connectivity index (χ2v) is 17.5. The van der Waals surface area contributed by atoms with Crippen molar-refractivity contribution in [2.75, 3.05) is 19.7 Å². The first kappa shape index (κ1) is 38.8. The highest BCUT2D eigenvalue weighted by molar-refractivity contribution is 7.91. The molecule has 4 amide bonds. The minimum Gasteiger partial charge on any atom is -0.470 e. The van der Waals surface area contributed by atoms with Gasteiger partial charge in [-0.2, -0.15) is 8.78 Å². The van der Waals surface area contributed by atoms with Crippen LogP contribution in [0.1, 0.15) is 89.2 Å². The summed E-state index contributed by atoms with van der Waals surface area (Å²) in [4.78, 5) is 66.2. The standard InChI is InChI=1S/C38H48F2N6O8S/c39-37(40)19-11-5-4-7-15-29-33(42-28-14-10-9-13-27(28)41-29)54-31-22-46-21-26(31)32(47)44-38(35(49)45-55(51,52)25-17-18-25)20-24(38)12-6-2-1-3-8-16-30(34(46)48)43-36(50)53-23-37/h9-11,13-14,19,24-26,30-31H,1-8,12,15-18,20-23H2,(H,43,50)(H,44,47)(H,45,49)/b19-11-/t24-,26?,30+,31+,38-/m1/s1. The fourth-order valence-electron chi connectivity index (χ4n) is 7.86. The van der Waals surface area contributed by atoms with E-state index in [-0.39, 0.29) is 37.7 Å². The van der Waals surface area contributed by atoms with Crippen molar-refractivity contribution in [2.24, 2.45) is 11.8 Å². The number of allylic oxidation sites excluding steroid dienone is 1. The van der Waals surface area contributed by atoms with E-state index < -0.39 is 75.2 Å². The number of fused-ring (bicyclic) bond motifs is 7. The predicted octanol–water partition coefficient (Wildman–Crippen LogP) is 4.08. The number of para-hydroxylation sites is 2. The zero-order chi connectivity index (χ0) is 38.8. The largest absolute Gasteiger partial charge is 0.470 e. The van der Waals surface area contributed by atoms with Crippen molar-refractivity contribution in [3.8, 4) is 5.88 Å². The van der Waals surface area contributed by atoms with Gasteiger partial charge in [-0.05, 0) is 81.9 Å². The van der Waals surface area contributed by atoms with Crippen LogP contribution in [0.2, 0.25) is 0 Å². The average Bonchev–Trinajstić information content (AvgIpc) is 4.07. The lowest BCUT2D eigenvalue weighted by atomic mass is 10.0. The minimum absolute atomic E-state index is 0.0984. The Morgan fingerprint density at radius 1 is 0.927 bits per heavy atom. The number of rotatable bonds is 3. The molecule has 4 heterocycles. The van der Waals surface area contributed by atoms with Crippen molar-refractivity contribution in [1.29, 1.82) is 0 Å². The van der Waals surface area contributed by atoms with Crippen LogP contribution in [0.5, 0.6) is 5.88 Å². The molecule has 3 aliphatic heterocycles. The average molecular weight is 787 g/mol. The normalized spacial score (nSPS) is 30.3. The van der Waals surface area contributed by atoms with E-state index in [0.717, 1.165) is 25.3 Å². The number of nitrogens with zero attached hydrogens (tertiary/aromatic N) is 3. The third-order valence-corrected chi connectivity index (χ3v) is 13.1. The van der Waals surface area contributed by atoms with Gasteiger partial charge in [-0.15, -0.1) is 0 Å². The summed E-state index contributed by atoms with van der Waals surface area (Å²) in [5.74, 6) is -6.47. The van der Waals surface area contributed by atoms with Crippen LogP contribution < -0.4 is 20.1 Å². The SMILES string of the molecule is O=C1N[C@H]2CCCCCCC[C@@H]3C[C@@]3(C(=O)NS(=O)(=O)C3CC3)NC(=O)C3CN(C[C@@H]3Oc3nc4ccccc4nc3CCCC/C=C\C(F)(F)CO1)C2=O. The van der Waals surface area contributed by atoms with E-state index in [0.29, 0.717) is 74.5 Å². The minimum atomic E-state index is -3.90. The number of nitrogens with one attached hydrogen (secondary N) is 3. The molecular weight excluding hydrogens is 739 g/mol. The highest BCUT2D eigenvalue weighted by Gasteiger charge is 2.62. The zero-order valence-corrected chi connectivity index (χ0v) is 31.5. The highest BCUT2D eigenvalue weighted by Crippen LogP contribution is 2.48. The number of hydrogen-bond acceptors (Lipinski definition) is 10. The molecule has 2 aliphatic carbocycles. The quantitative estimate of drug-likeness (QED) is 0.383. The zero-order valence-electron chi connectivity index (χ0n) is 30.6. The Morgan fingerprint density at radius 3 is 2.42 bits per heavy atom. The lowest BCUT2D eigenvalue weighted by molar-refractivity contribution is -0.134. The molecule has 1 aromatic heterocycles. The van der Waals surface area contributed by atoms with E-state index in [4.69, 9.17) is 19.4 Å². The van der Waals surface area contributed by atoms with E-state index in [9.17, 15) is 36.4 Å². The van der Waals surface area contributed by atoms with Gasteiger partial charge < -0.3 is 25.0 Å². The Kier molecular flexibility index (Phi) is 11.3. The molecule has 3 N–H and O–H groups in total. The van der Waals surface area contributed by atoms with Gasteiger partial charge in [0.25, 0.3) is 11.8 Å². The second-order valence-electron chi connectivity index (χ2n) is 15.5. The Balaban J connectivity index is 1.23. The van der Waals surface area contributed by atoms with Crippen LogP contribution in [0, 0.1) is 11.8 Å². The summed E-state index contributed by atoms with van der Waals surface area (Å²) in [7, 11) is -3.90. The topological polar surface area (TPSA) is 186 Å². The van der Waals surface area contributed by atoms with Crippen molar-refractivity contribution < 1.29 is 45.9 Å². The van der Waals surface area contributed by atoms with Gasteiger partial charge in [-0.1, -0.05) is 50.3 Å². The number of benzene rings is 1. The molecular formula is C38H48F2N6O8S. The molecule has 55 heavy (non-hydrogen) atoms. The fourth-order valence-corrected chi connectivity index (χ4v) is 9.22. The molecule has 1 aromatic carbocycles. The van der Waals surface area contributed by atoms with Crippen LogP contribution in [0.15, 0.2) is 36.4 Å². The highest BCUT2D eigenvalue weighted by atomic mass is 32.2. The molecule has 0 radical (unpaired) electrons. The lowest BCUT2D eigenvalue weighted by Gasteiger charge is -2.25. The molecule has 1 unspecified atom stereocenters. The van der Waals surface area contributed by atoms with Gasteiger partial charge in [0, 0.05) is 6.54 Å². The van der Waals surface area contributed by atoms with Crippen molar-refractivity contribution in [3.63, 3.8) is 0 Å². The Bertz CT molecular complexity index is 1940. The number of carbonyl (C=O) groups excluding carboxylic acids is 4. The van der Waals surface area contributed by atoms with E-state index in [1.807, 2.05) is 12.1 Å². The number of carbonyl (C=O) groups is 4. The number of sulfonamides is 1. The summed E-state index contributed by atoms with van der Waals surface area (Å²) in [6.45, 7) is -1.46. The van der Waals surface area contributed by atoms with Crippen molar-refractivity contribution in [2.45, 2.75) is 119 Å². The first-order chi connectivity index (χ1) is 26.3. The number of alkyl halides is 2. The summed E-state index contributed by atoms with van der Waals surface area (Å²) in [5.41, 5.74) is 0.208. The van der Waals surface area contributed by atoms with E-state index >= 15 is 0 Å². The van der Waals surface area contributed by atoms with Gasteiger partial charge in [0.15, 0.2) is 6.61 Å². The van der Waals surface area contributed by atoms with Crippen molar-refractivity contribution in [1.82, 2.24) is 30.2 Å². The number of aromatic nitrogens is 2. The number of amides is 4. The summed E-state index contributed by atoms with van der Waals surface area (Å²) < 4.78 is 68.7. The van der Waals surface area contributed by atoms with Crippen LogP contribution in [0.25, 0.3) is 11.0 Å². The van der Waals surface area contributed by atoms with Gasteiger partial charge >= 0.3 is 6.09 Å². The number of aryl methyl sites for hydroxylation is 1. The van der Waals surface area contributed by atoms with Crippen LogP contribution in [-0.2, 0) is 35.6 Å². The Labute approximate surface area is 318 Å². The number of halogens is 2. The van der Waals surface area contributed by atoms with Crippen LogP contribution in [-0.4, -0.2) is 95.7 Å². The third-order valence-electron chi connectivity index (χ3n) is 11.3. The third kappa shape index (κ3) is 9.18. The molecule has 2 saturated carbocycles. The van der Waals surface area contributed by atoms with Crippen molar-refractivity contribution >= 4 is 44.9 Å². The van der Waals surface area contributed by atoms with Crippen LogP contribution in [0.4, 0.5) is 13.6 Å². The fraction of sp³-hybridized carbons (Fsp3) is 0.632. The molecule has 7 rings (SSSR count). The number of hydrogen-bond donors (Lipinski definition) is 3. The molecule has 14 nitrogen and oxygen atoms in total. The molecule has 298 valence electrons. The molecule has 17 heteroatoms. The van der Waals surface area contributed by atoms with Gasteiger partial charge in [-0.25, -0.2) is 23.2 Å². The van der Waals surface area contributed by atoms with E-state index in [1.165, 1.54) is 11.0 Å².